The highest BCUT2D eigenvalue weighted by Crippen LogP contribution is 2.09. The van der Waals surface area contributed by atoms with Gasteiger partial charge in [-0.15, -0.1) is 0 Å². The molecule has 0 unspecified atom stereocenters. The van der Waals surface area contributed by atoms with Gasteiger partial charge < -0.3 is 19.6 Å². The fourth-order valence-electron chi connectivity index (χ4n) is 1.79. The van der Waals surface area contributed by atoms with Crippen molar-refractivity contribution in [3.8, 4) is 0 Å². The van der Waals surface area contributed by atoms with E-state index >= 15 is 0 Å². The summed E-state index contributed by atoms with van der Waals surface area (Å²) in [6, 6.07) is 0. The molecule has 0 bridgehead atoms. The third kappa shape index (κ3) is 2.70. The van der Waals surface area contributed by atoms with Crippen LogP contribution < -0.4 is 0 Å². The Kier molecular flexibility index (Phi) is 3.35. The quantitative estimate of drug-likeness (QED) is 0.556. The van der Waals surface area contributed by atoms with Crippen LogP contribution in [0.3, 0.4) is 0 Å². The van der Waals surface area contributed by atoms with E-state index in [1.54, 1.807) is 4.90 Å². The van der Waals surface area contributed by atoms with E-state index in [4.69, 9.17) is 0 Å². The van der Waals surface area contributed by atoms with Crippen LogP contribution in [-0.4, -0.2) is 44.2 Å². The molecule has 1 aromatic heterocycles. The second-order valence-corrected chi connectivity index (χ2v) is 4.08. The van der Waals surface area contributed by atoms with E-state index in [-0.39, 0.29) is 24.1 Å². The number of imidazole rings is 1. The van der Waals surface area contributed by atoms with Gasteiger partial charge in [0, 0.05) is 25.9 Å². The number of rotatable bonds is 3. The van der Waals surface area contributed by atoms with Gasteiger partial charge in [0.15, 0.2) is 0 Å². The number of nitro groups is 1. The molecule has 18 heavy (non-hydrogen) atoms. The van der Waals surface area contributed by atoms with Gasteiger partial charge in [-0.3, -0.25) is 9.59 Å². The van der Waals surface area contributed by atoms with Crippen molar-refractivity contribution < 1.29 is 14.5 Å². The fourth-order valence-corrected chi connectivity index (χ4v) is 1.79. The summed E-state index contributed by atoms with van der Waals surface area (Å²) in [4.78, 5) is 37.9. The van der Waals surface area contributed by atoms with Crippen LogP contribution in [0.25, 0.3) is 0 Å². The van der Waals surface area contributed by atoms with Gasteiger partial charge in [0.2, 0.25) is 12.2 Å². The number of ketones is 1. The number of Topliss-reactive ketones (excluding diaryl/α,β-unsaturated/α-hetero) is 1. The highest BCUT2D eigenvalue weighted by atomic mass is 16.6. The Balaban J connectivity index is 1.94. The number of amides is 1. The second-order valence-electron chi connectivity index (χ2n) is 4.08. The minimum atomic E-state index is -0.611. The Morgan fingerprint density at radius 3 is 2.67 bits per heavy atom. The maximum Gasteiger partial charge on any atom is 0.381 e. The number of carbonyl (C=O) groups is 2. The highest BCUT2D eigenvalue weighted by molar-refractivity contribution is 5.83. The minimum absolute atomic E-state index is 0.00896. The van der Waals surface area contributed by atoms with Crippen LogP contribution in [0.5, 0.6) is 0 Å². The molecule has 1 amide bonds. The lowest BCUT2D eigenvalue weighted by atomic mass is 10.1. The number of hydrogen-bond acceptors (Lipinski definition) is 5. The van der Waals surface area contributed by atoms with Gasteiger partial charge in [-0.2, -0.15) is 0 Å². The molecule has 0 N–H and O–H groups in total. The van der Waals surface area contributed by atoms with E-state index in [0.29, 0.717) is 25.9 Å². The van der Waals surface area contributed by atoms with Crippen molar-refractivity contribution in [3.63, 3.8) is 0 Å². The van der Waals surface area contributed by atoms with Crippen molar-refractivity contribution in [2.45, 2.75) is 19.4 Å². The van der Waals surface area contributed by atoms with E-state index in [2.05, 4.69) is 4.98 Å². The molecule has 1 saturated heterocycles. The molecule has 2 rings (SSSR count). The maximum atomic E-state index is 11.8. The largest absolute Gasteiger partial charge is 0.381 e. The van der Waals surface area contributed by atoms with Crippen molar-refractivity contribution in [3.05, 3.63) is 22.6 Å². The summed E-state index contributed by atoms with van der Waals surface area (Å²) in [5.74, 6) is -0.274. The molecule has 96 valence electrons. The summed E-state index contributed by atoms with van der Waals surface area (Å²) in [6.07, 6.45) is 3.24. The zero-order valence-electron chi connectivity index (χ0n) is 9.61. The van der Waals surface area contributed by atoms with Gasteiger partial charge in [-0.25, -0.2) is 0 Å². The molecule has 0 spiro atoms. The van der Waals surface area contributed by atoms with E-state index < -0.39 is 4.92 Å². The zero-order valence-corrected chi connectivity index (χ0v) is 9.61. The number of piperidine rings is 1. The van der Waals surface area contributed by atoms with Crippen LogP contribution in [0.15, 0.2) is 12.5 Å². The molecule has 1 aliphatic rings. The summed E-state index contributed by atoms with van der Waals surface area (Å²) in [5, 5.41) is 10.4. The van der Waals surface area contributed by atoms with E-state index in [9.17, 15) is 19.7 Å². The summed E-state index contributed by atoms with van der Waals surface area (Å²) in [5.41, 5.74) is 0. The Morgan fingerprint density at radius 2 is 2.11 bits per heavy atom. The zero-order chi connectivity index (χ0) is 13.1. The van der Waals surface area contributed by atoms with Crippen LogP contribution in [0.4, 0.5) is 5.82 Å². The van der Waals surface area contributed by atoms with E-state index in [1.165, 1.54) is 17.1 Å². The van der Waals surface area contributed by atoms with Gasteiger partial charge in [0.05, 0.1) is 0 Å². The predicted octanol–water partition coefficient (Wildman–Crippen LogP) is -0.0172. The number of likely N-dealkylation sites (tertiary alicyclic amines) is 1. The van der Waals surface area contributed by atoms with E-state index in [0.717, 1.165) is 0 Å². The lowest BCUT2D eigenvalue weighted by molar-refractivity contribution is -0.389. The van der Waals surface area contributed by atoms with Crippen molar-refractivity contribution in [1.82, 2.24) is 14.5 Å². The van der Waals surface area contributed by atoms with Gasteiger partial charge >= 0.3 is 5.82 Å². The van der Waals surface area contributed by atoms with Crippen molar-refractivity contribution in [2.24, 2.45) is 0 Å². The summed E-state index contributed by atoms with van der Waals surface area (Å²) in [7, 11) is 0. The molecule has 0 aliphatic carbocycles. The molecule has 0 saturated carbocycles. The van der Waals surface area contributed by atoms with Gasteiger partial charge in [0.25, 0.3) is 0 Å². The summed E-state index contributed by atoms with van der Waals surface area (Å²) >= 11 is 0. The summed E-state index contributed by atoms with van der Waals surface area (Å²) in [6.45, 7) is 0.859. The number of aromatic nitrogens is 2. The molecule has 0 atom stereocenters. The molecule has 1 aliphatic heterocycles. The fraction of sp³-hybridized carbons (Fsp3) is 0.500. The van der Waals surface area contributed by atoms with Crippen LogP contribution >= 0.6 is 0 Å². The molecular formula is C10H12N4O4. The molecule has 8 nitrogen and oxygen atoms in total. The number of carbonyl (C=O) groups excluding carboxylic acids is 2. The Hall–Kier alpha value is -2.25. The topological polar surface area (TPSA) is 98.3 Å². The van der Waals surface area contributed by atoms with Crippen LogP contribution in [0.2, 0.25) is 0 Å². The average Bonchev–Trinajstić information content (AvgIpc) is 2.78. The van der Waals surface area contributed by atoms with Crippen LogP contribution in [0, 0.1) is 10.1 Å². The molecular weight excluding hydrogens is 240 g/mol. The molecule has 8 heteroatoms. The van der Waals surface area contributed by atoms with Crippen molar-refractivity contribution in [1.29, 1.82) is 0 Å². The first-order chi connectivity index (χ1) is 8.56. The lowest BCUT2D eigenvalue weighted by Crippen LogP contribution is -2.40. The molecule has 1 aromatic rings. The third-order valence-corrected chi connectivity index (χ3v) is 2.80. The Bertz CT molecular complexity index is 486. The molecule has 0 aromatic carbocycles. The predicted molar refractivity (Wildman–Crippen MR) is 59.7 cm³/mol. The lowest BCUT2D eigenvalue weighted by Gasteiger charge is -2.25. The van der Waals surface area contributed by atoms with Crippen molar-refractivity contribution in [2.75, 3.05) is 13.1 Å². The van der Waals surface area contributed by atoms with Gasteiger partial charge in [-0.05, 0) is 9.91 Å². The maximum absolute atomic E-state index is 11.8. The standard InChI is InChI=1S/C10H12N4O4/c15-8-1-3-13(4-2-8)10(16)6-12-5-9(11-7-12)14(17)18/h5,7H,1-4,6H2. The molecule has 2 heterocycles. The SMILES string of the molecule is O=C1CCN(C(=O)Cn2cnc([N+](=O)[O-])c2)CC1. The normalized spacial score (nSPS) is 15.8. The Labute approximate surface area is 102 Å². The first-order valence-corrected chi connectivity index (χ1v) is 5.52. The van der Waals surface area contributed by atoms with Gasteiger partial charge in [0.1, 0.15) is 18.5 Å². The first-order valence-electron chi connectivity index (χ1n) is 5.52. The average molecular weight is 252 g/mol. The number of hydrogen-bond donors (Lipinski definition) is 0. The van der Waals surface area contributed by atoms with E-state index in [1.807, 2.05) is 0 Å². The minimum Gasteiger partial charge on any atom is -0.358 e. The van der Waals surface area contributed by atoms with Gasteiger partial charge in [-0.1, -0.05) is 0 Å². The molecule has 0 radical (unpaired) electrons. The first kappa shape index (κ1) is 12.2. The second kappa shape index (κ2) is 4.94. The highest BCUT2D eigenvalue weighted by Gasteiger charge is 2.21. The molecule has 1 fully saturated rings. The Morgan fingerprint density at radius 1 is 1.44 bits per heavy atom. The monoisotopic (exact) mass is 252 g/mol. The van der Waals surface area contributed by atoms with Crippen LogP contribution in [-0.2, 0) is 16.1 Å². The van der Waals surface area contributed by atoms with Crippen LogP contribution in [0.1, 0.15) is 12.8 Å². The smallest absolute Gasteiger partial charge is 0.358 e. The summed E-state index contributed by atoms with van der Waals surface area (Å²) < 4.78 is 1.37. The third-order valence-electron chi connectivity index (χ3n) is 2.80. The van der Waals surface area contributed by atoms with Crippen molar-refractivity contribution >= 4 is 17.5 Å². The number of nitrogens with zero attached hydrogens (tertiary/aromatic N) is 4.